The van der Waals surface area contributed by atoms with Gasteiger partial charge in [-0.1, -0.05) is 96.3 Å². The van der Waals surface area contributed by atoms with Crippen molar-refractivity contribution in [3.63, 3.8) is 0 Å². The Bertz CT molecular complexity index is 1230. The fourth-order valence-corrected chi connectivity index (χ4v) is 4.63. The summed E-state index contributed by atoms with van der Waals surface area (Å²) in [7, 11) is 0. The number of hydrogen-bond donors (Lipinski definition) is 0. The molecule has 0 aliphatic rings. The lowest BCUT2D eigenvalue weighted by atomic mass is 10.1. The van der Waals surface area contributed by atoms with Crippen molar-refractivity contribution in [2.24, 2.45) is 0 Å². The Morgan fingerprint density at radius 3 is 1.51 bits per heavy atom. The predicted molar refractivity (Wildman–Crippen MR) is 175 cm³/mol. The predicted octanol–water partition coefficient (Wildman–Crippen LogP) is 10.3. The maximum Gasteiger partial charge on any atom is 0.343 e. The van der Waals surface area contributed by atoms with E-state index >= 15 is 0 Å². The van der Waals surface area contributed by atoms with Crippen LogP contribution in [-0.2, 0) is 0 Å². The number of ketones is 1. The lowest BCUT2D eigenvalue weighted by Gasteiger charge is -2.08. The lowest BCUT2D eigenvalue weighted by Crippen LogP contribution is -2.08. The molecule has 0 radical (unpaired) electrons. The van der Waals surface area contributed by atoms with E-state index in [1.54, 1.807) is 60.7 Å². The van der Waals surface area contributed by atoms with Crippen LogP contribution in [0.3, 0.4) is 0 Å². The summed E-state index contributed by atoms with van der Waals surface area (Å²) in [5.74, 6) is 1.38. The first-order valence-electron chi connectivity index (χ1n) is 16.1. The van der Waals surface area contributed by atoms with Gasteiger partial charge in [0.1, 0.15) is 17.2 Å². The maximum absolute atomic E-state index is 12.7. The van der Waals surface area contributed by atoms with Gasteiger partial charge >= 0.3 is 5.97 Å². The highest BCUT2D eigenvalue weighted by molar-refractivity contribution is 6.06. The summed E-state index contributed by atoms with van der Waals surface area (Å²) < 4.78 is 17.1. The second-order valence-electron chi connectivity index (χ2n) is 10.9. The van der Waals surface area contributed by atoms with Crippen molar-refractivity contribution in [2.75, 3.05) is 13.2 Å². The lowest BCUT2D eigenvalue weighted by molar-refractivity contribution is 0.0734. The molecular formula is C38H48O5. The molecule has 0 atom stereocenters. The Balaban J connectivity index is 1.38. The first kappa shape index (κ1) is 33.6. The molecule has 0 spiro atoms. The second kappa shape index (κ2) is 20.1. The summed E-state index contributed by atoms with van der Waals surface area (Å²) in [6, 6.07) is 21.3. The first-order valence-corrected chi connectivity index (χ1v) is 16.1. The second-order valence-corrected chi connectivity index (χ2v) is 10.9. The van der Waals surface area contributed by atoms with Crippen molar-refractivity contribution >= 4 is 17.8 Å². The highest BCUT2D eigenvalue weighted by atomic mass is 16.5. The molecular weight excluding hydrogens is 536 g/mol. The van der Waals surface area contributed by atoms with Gasteiger partial charge in [0, 0.05) is 5.56 Å². The van der Waals surface area contributed by atoms with E-state index in [2.05, 4.69) is 13.8 Å². The molecule has 0 fully saturated rings. The summed E-state index contributed by atoms with van der Waals surface area (Å²) in [5.41, 5.74) is 1.88. The molecule has 0 aliphatic carbocycles. The molecule has 3 rings (SSSR count). The molecule has 3 aromatic rings. The Hall–Kier alpha value is -3.86. The number of carbonyl (C=O) groups is 2. The van der Waals surface area contributed by atoms with Crippen LogP contribution in [0.4, 0.5) is 0 Å². The number of rotatable bonds is 21. The first-order chi connectivity index (χ1) is 21.1. The fraction of sp³-hybridized carbons (Fsp3) is 0.421. The molecule has 0 saturated heterocycles. The minimum Gasteiger partial charge on any atom is -0.494 e. The quantitative estimate of drug-likeness (QED) is 0.0410. The summed E-state index contributed by atoms with van der Waals surface area (Å²) >= 11 is 0. The molecule has 5 nitrogen and oxygen atoms in total. The normalized spacial score (nSPS) is 11.0. The van der Waals surface area contributed by atoms with Crippen LogP contribution in [0.1, 0.15) is 117 Å². The smallest absolute Gasteiger partial charge is 0.343 e. The van der Waals surface area contributed by atoms with Crippen LogP contribution in [0.15, 0.2) is 78.9 Å². The average Bonchev–Trinajstić information content (AvgIpc) is 3.04. The van der Waals surface area contributed by atoms with Gasteiger partial charge in [0.15, 0.2) is 5.78 Å². The number of unbranched alkanes of at least 4 members (excludes halogenated alkanes) is 10. The van der Waals surface area contributed by atoms with E-state index in [9.17, 15) is 9.59 Å². The van der Waals surface area contributed by atoms with E-state index in [0.717, 1.165) is 36.5 Å². The SMILES string of the molecule is CCCCCCCCOc1ccc(/C=C/C(=O)c2ccc(OC(=O)c3ccc(OCCCCCCCC)cc3)cc2)cc1. The van der Waals surface area contributed by atoms with Gasteiger partial charge in [0.2, 0.25) is 0 Å². The van der Waals surface area contributed by atoms with E-state index < -0.39 is 5.97 Å². The topological polar surface area (TPSA) is 61.8 Å². The van der Waals surface area contributed by atoms with Gasteiger partial charge < -0.3 is 14.2 Å². The highest BCUT2D eigenvalue weighted by Crippen LogP contribution is 2.19. The van der Waals surface area contributed by atoms with Crippen LogP contribution >= 0.6 is 0 Å². The van der Waals surface area contributed by atoms with E-state index in [4.69, 9.17) is 14.2 Å². The van der Waals surface area contributed by atoms with Crippen LogP contribution < -0.4 is 14.2 Å². The molecule has 230 valence electrons. The zero-order valence-electron chi connectivity index (χ0n) is 26.0. The van der Waals surface area contributed by atoms with Gasteiger partial charge in [-0.15, -0.1) is 0 Å². The minimum atomic E-state index is -0.458. The van der Waals surface area contributed by atoms with Gasteiger partial charge in [-0.2, -0.15) is 0 Å². The van der Waals surface area contributed by atoms with E-state index in [1.165, 1.54) is 64.2 Å². The van der Waals surface area contributed by atoms with Crippen LogP contribution in [0.2, 0.25) is 0 Å². The van der Waals surface area contributed by atoms with E-state index in [0.29, 0.717) is 23.5 Å². The molecule has 0 bridgehead atoms. The number of benzene rings is 3. The molecule has 0 unspecified atom stereocenters. The van der Waals surface area contributed by atoms with Crippen LogP contribution in [0, 0.1) is 0 Å². The summed E-state index contributed by atoms with van der Waals surface area (Å²) in [4.78, 5) is 25.2. The van der Waals surface area contributed by atoms with Crippen molar-refractivity contribution in [3.8, 4) is 17.2 Å². The van der Waals surface area contributed by atoms with Crippen molar-refractivity contribution in [2.45, 2.75) is 90.9 Å². The summed E-state index contributed by atoms with van der Waals surface area (Å²) in [5, 5.41) is 0. The molecule has 0 aromatic heterocycles. The molecule has 43 heavy (non-hydrogen) atoms. The highest BCUT2D eigenvalue weighted by Gasteiger charge is 2.10. The van der Waals surface area contributed by atoms with Crippen molar-refractivity contribution in [3.05, 3.63) is 95.6 Å². The summed E-state index contributed by atoms with van der Waals surface area (Å²) in [6.45, 7) is 5.85. The Labute approximate surface area is 258 Å². The van der Waals surface area contributed by atoms with Gasteiger partial charge in [-0.05, 0) is 85.1 Å². The summed E-state index contributed by atoms with van der Waals surface area (Å²) in [6.07, 6.45) is 18.0. The molecule has 0 heterocycles. The Morgan fingerprint density at radius 2 is 0.977 bits per heavy atom. The number of carbonyl (C=O) groups excluding carboxylic acids is 2. The molecule has 3 aromatic carbocycles. The third kappa shape index (κ3) is 13.3. The Kier molecular flexibility index (Phi) is 15.7. The zero-order chi connectivity index (χ0) is 30.5. The molecule has 5 heteroatoms. The molecule has 0 saturated carbocycles. The van der Waals surface area contributed by atoms with Crippen molar-refractivity contribution in [1.29, 1.82) is 0 Å². The van der Waals surface area contributed by atoms with Gasteiger partial charge in [-0.3, -0.25) is 4.79 Å². The molecule has 0 N–H and O–H groups in total. The zero-order valence-corrected chi connectivity index (χ0v) is 26.0. The third-order valence-electron chi connectivity index (χ3n) is 7.28. The molecule has 0 amide bonds. The van der Waals surface area contributed by atoms with E-state index in [-0.39, 0.29) is 5.78 Å². The fourth-order valence-electron chi connectivity index (χ4n) is 4.63. The standard InChI is InChI=1S/C38H48O5/c1-3-5-7-9-11-13-29-41-34-22-15-31(16-23-34)17-28-37(39)32-18-26-36(27-19-32)43-38(40)33-20-24-35(25-21-33)42-30-14-12-10-8-6-4-2/h15-28H,3-14,29-30H2,1-2H3/b28-17+. The van der Waals surface area contributed by atoms with Crippen molar-refractivity contribution in [1.82, 2.24) is 0 Å². The number of allylic oxidation sites excluding steroid dienone is 1. The van der Waals surface area contributed by atoms with Crippen LogP contribution in [0.25, 0.3) is 6.08 Å². The van der Waals surface area contributed by atoms with Crippen LogP contribution in [-0.4, -0.2) is 25.0 Å². The largest absolute Gasteiger partial charge is 0.494 e. The third-order valence-corrected chi connectivity index (χ3v) is 7.28. The average molecular weight is 585 g/mol. The van der Waals surface area contributed by atoms with Gasteiger partial charge in [0.25, 0.3) is 0 Å². The molecule has 0 aliphatic heterocycles. The number of ether oxygens (including phenoxy) is 3. The van der Waals surface area contributed by atoms with Crippen molar-refractivity contribution < 1.29 is 23.8 Å². The van der Waals surface area contributed by atoms with Gasteiger partial charge in [-0.25, -0.2) is 4.79 Å². The monoisotopic (exact) mass is 584 g/mol. The van der Waals surface area contributed by atoms with Gasteiger partial charge in [0.05, 0.1) is 18.8 Å². The minimum absolute atomic E-state index is 0.127. The number of hydrogen-bond acceptors (Lipinski definition) is 5. The van der Waals surface area contributed by atoms with E-state index in [1.807, 2.05) is 24.3 Å². The maximum atomic E-state index is 12.7. The van der Waals surface area contributed by atoms with Crippen LogP contribution in [0.5, 0.6) is 17.2 Å². The Morgan fingerprint density at radius 1 is 0.535 bits per heavy atom. The number of esters is 1.